The van der Waals surface area contributed by atoms with Gasteiger partial charge >= 0.3 is 0 Å². The number of nitrogens with one attached hydrogen (secondary N) is 3. The zero-order valence-corrected chi connectivity index (χ0v) is 18.6. The van der Waals surface area contributed by atoms with Crippen LogP contribution in [0.15, 0.2) is 65.7 Å². The molecular weight excluding hydrogens is 428 g/mol. The molecule has 1 saturated heterocycles. The summed E-state index contributed by atoms with van der Waals surface area (Å²) in [6.07, 6.45) is 3.44. The first kappa shape index (κ1) is 22.2. The van der Waals surface area contributed by atoms with E-state index >= 15 is 0 Å². The van der Waals surface area contributed by atoms with Crippen LogP contribution in [0.5, 0.6) is 0 Å². The minimum absolute atomic E-state index is 0.0830. The zero-order valence-electron chi connectivity index (χ0n) is 17.7. The maximum atomic E-state index is 12.6. The summed E-state index contributed by atoms with van der Waals surface area (Å²) >= 11 is 0. The lowest BCUT2D eigenvalue weighted by Gasteiger charge is -2.13. The lowest BCUT2D eigenvalue weighted by Crippen LogP contribution is -2.32. The molecule has 1 amide bonds. The van der Waals surface area contributed by atoms with E-state index in [-0.39, 0.29) is 29.5 Å². The van der Waals surface area contributed by atoms with Crippen LogP contribution in [0.1, 0.15) is 42.0 Å². The first-order valence-electron chi connectivity index (χ1n) is 10.5. The third kappa shape index (κ3) is 5.24. The van der Waals surface area contributed by atoms with Gasteiger partial charge in [-0.1, -0.05) is 30.3 Å². The van der Waals surface area contributed by atoms with Crippen molar-refractivity contribution in [1.29, 1.82) is 0 Å². The van der Waals surface area contributed by atoms with E-state index in [0.717, 1.165) is 24.1 Å². The summed E-state index contributed by atoms with van der Waals surface area (Å²) in [6, 6.07) is 15.3. The van der Waals surface area contributed by atoms with E-state index in [1.165, 1.54) is 24.3 Å². The van der Waals surface area contributed by atoms with Gasteiger partial charge in [-0.3, -0.25) is 4.79 Å². The van der Waals surface area contributed by atoms with Gasteiger partial charge < -0.3 is 15.0 Å². The number of hydrogen-bond donors (Lipinski definition) is 3. The highest BCUT2D eigenvalue weighted by molar-refractivity contribution is 7.89. The average Bonchev–Trinajstić information content (AvgIpc) is 3.51. The van der Waals surface area contributed by atoms with Crippen LogP contribution in [0.3, 0.4) is 0 Å². The number of aromatic nitrogens is 2. The van der Waals surface area contributed by atoms with Crippen LogP contribution in [-0.2, 0) is 14.8 Å². The number of imidazole rings is 1. The largest absolute Gasteiger partial charge is 0.377 e. The summed E-state index contributed by atoms with van der Waals surface area (Å²) in [5.74, 6) is 0.321. The van der Waals surface area contributed by atoms with Gasteiger partial charge in [0, 0.05) is 18.7 Å². The predicted molar refractivity (Wildman–Crippen MR) is 121 cm³/mol. The van der Waals surface area contributed by atoms with E-state index in [0.29, 0.717) is 18.0 Å². The van der Waals surface area contributed by atoms with Crippen LogP contribution in [0, 0.1) is 0 Å². The van der Waals surface area contributed by atoms with Gasteiger partial charge in [0.15, 0.2) is 0 Å². The van der Waals surface area contributed by atoms with Crippen LogP contribution in [0.2, 0.25) is 0 Å². The van der Waals surface area contributed by atoms with Crippen LogP contribution in [0.25, 0.3) is 11.3 Å². The molecule has 1 aliphatic heterocycles. The van der Waals surface area contributed by atoms with Crippen molar-refractivity contribution in [3.8, 4) is 11.3 Å². The normalized spacial score (nSPS) is 17.2. The van der Waals surface area contributed by atoms with Gasteiger partial charge in [0.25, 0.3) is 5.91 Å². The molecule has 0 saturated carbocycles. The molecule has 4 rings (SSSR count). The smallest absolute Gasteiger partial charge is 0.251 e. The summed E-state index contributed by atoms with van der Waals surface area (Å²) in [5, 5.41) is 2.88. The molecule has 2 heterocycles. The molecule has 1 aliphatic rings. The monoisotopic (exact) mass is 454 g/mol. The molecule has 1 aromatic heterocycles. The van der Waals surface area contributed by atoms with Crippen molar-refractivity contribution in [3.05, 3.63) is 72.2 Å². The van der Waals surface area contributed by atoms with E-state index < -0.39 is 10.0 Å². The Kier molecular flexibility index (Phi) is 6.69. The van der Waals surface area contributed by atoms with Crippen LogP contribution < -0.4 is 10.0 Å². The standard InChI is InChI=1S/C23H26N4O4S/c1-16(22-24-15-21(27-22)17-6-3-2-4-7-17)26-23(28)18-9-11-20(12-10-18)32(29,30)25-14-19-8-5-13-31-19/h2-4,6-7,9-12,15-16,19,25H,5,8,13-14H2,1H3,(H,24,27)(H,26,28). The highest BCUT2D eigenvalue weighted by atomic mass is 32.2. The first-order chi connectivity index (χ1) is 15.4. The van der Waals surface area contributed by atoms with Crippen molar-refractivity contribution < 1.29 is 17.9 Å². The van der Waals surface area contributed by atoms with Crippen molar-refractivity contribution >= 4 is 15.9 Å². The second kappa shape index (κ2) is 9.64. The van der Waals surface area contributed by atoms with Crippen molar-refractivity contribution in [2.75, 3.05) is 13.2 Å². The number of H-pyrrole nitrogens is 1. The lowest BCUT2D eigenvalue weighted by atomic mass is 10.2. The molecule has 168 valence electrons. The minimum Gasteiger partial charge on any atom is -0.377 e. The molecule has 0 radical (unpaired) electrons. The number of sulfonamides is 1. The fourth-order valence-electron chi connectivity index (χ4n) is 3.55. The van der Waals surface area contributed by atoms with Gasteiger partial charge in [-0.2, -0.15) is 0 Å². The molecule has 3 aromatic rings. The Morgan fingerprint density at radius 1 is 1.19 bits per heavy atom. The summed E-state index contributed by atoms with van der Waals surface area (Å²) in [5.41, 5.74) is 2.24. The molecule has 3 N–H and O–H groups in total. The van der Waals surface area contributed by atoms with Gasteiger partial charge in [-0.05, 0) is 49.6 Å². The minimum atomic E-state index is -3.66. The third-order valence-electron chi connectivity index (χ3n) is 5.39. The maximum absolute atomic E-state index is 12.6. The van der Waals surface area contributed by atoms with Crippen molar-refractivity contribution in [2.24, 2.45) is 0 Å². The second-order valence-corrected chi connectivity index (χ2v) is 9.52. The molecule has 0 bridgehead atoms. The number of amides is 1. The van der Waals surface area contributed by atoms with E-state index in [9.17, 15) is 13.2 Å². The highest BCUT2D eigenvalue weighted by Crippen LogP contribution is 2.19. The molecule has 1 fully saturated rings. The van der Waals surface area contributed by atoms with Crippen LogP contribution in [-0.4, -0.2) is 43.5 Å². The molecule has 9 heteroatoms. The molecular formula is C23H26N4O4S. The molecule has 8 nitrogen and oxygen atoms in total. The molecule has 2 atom stereocenters. The molecule has 2 unspecified atom stereocenters. The topological polar surface area (TPSA) is 113 Å². The summed E-state index contributed by atoms with van der Waals surface area (Å²) in [7, 11) is -3.66. The van der Waals surface area contributed by atoms with Gasteiger partial charge in [-0.15, -0.1) is 0 Å². The Labute approximate surface area is 187 Å². The number of carbonyl (C=O) groups is 1. The Hall–Kier alpha value is -3.01. The Morgan fingerprint density at radius 3 is 2.62 bits per heavy atom. The molecule has 0 spiro atoms. The van der Waals surface area contributed by atoms with E-state index in [1.54, 1.807) is 6.20 Å². The van der Waals surface area contributed by atoms with E-state index in [4.69, 9.17) is 4.74 Å². The van der Waals surface area contributed by atoms with Crippen molar-refractivity contribution in [3.63, 3.8) is 0 Å². The molecule has 32 heavy (non-hydrogen) atoms. The Morgan fingerprint density at radius 2 is 1.94 bits per heavy atom. The number of rotatable bonds is 8. The fourth-order valence-corrected chi connectivity index (χ4v) is 4.61. The Bertz CT molecular complexity index is 1150. The van der Waals surface area contributed by atoms with Crippen molar-refractivity contribution in [1.82, 2.24) is 20.0 Å². The third-order valence-corrected chi connectivity index (χ3v) is 6.83. The van der Waals surface area contributed by atoms with Crippen LogP contribution >= 0.6 is 0 Å². The summed E-state index contributed by atoms with van der Waals surface area (Å²) < 4.78 is 33.0. The van der Waals surface area contributed by atoms with Crippen molar-refractivity contribution in [2.45, 2.75) is 36.8 Å². The van der Waals surface area contributed by atoms with Crippen LogP contribution in [0.4, 0.5) is 0 Å². The van der Waals surface area contributed by atoms with Gasteiger partial charge in [-0.25, -0.2) is 18.1 Å². The highest BCUT2D eigenvalue weighted by Gasteiger charge is 2.21. The lowest BCUT2D eigenvalue weighted by molar-refractivity contribution is 0.0938. The van der Waals surface area contributed by atoms with E-state index in [2.05, 4.69) is 20.0 Å². The summed E-state index contributed by atoms with van der Waals surface area (Å²) in [6.45, 7) is 2.75. The number of ether oxygens (including phenoxy) is 1. The molecule has 2 aromatic carbocycles. The Balaban J connectivity index is 1.36. The first-order valence-corrected chi connectivity index (χ1v) is 12.0. The SMILES string of the molecule is CC(NC(=O)c1ccc(S(=O)(=O)NCC2CCCO2)cc1)c1ncc(-c2ccccc2)[nH]1. The number of carbonyl (C=O) groups excluding carboxylic acids is 1. The van der Waals surface area contributed by atoms with Gasteiger partial charge in [0.1, 0.15) is 5.82 Å². The quantitative estimate of drug-likeness (QED) is 0.484. The molecule has 0 aliphatic carbocycles. The van der Waals surface area contributed by atoms with E-state index in [1.807, 2.05) is 37.3 Å². The second-order valence-electron chi connectivity index (χ2n) is 7.75. The predicted octanol–water partition coefficient (Wildman–Crippen LogP) is 3.03. The number of benzene rings is 2. The summed E-state index contributed by atoms with van der Waals surface area (Å²) in [4.78, 5) is 20.3. The number of hydrogen-bond acceptors (Lipinski definition) is 5. The van der Waals surface area contributed by atoms with Gasteiger partial charge in [0.05, 0.1) is 28.9 Å². The average molecular weight is 455 g/mol. The number of aromatic amines is 1. The zero-order chi connectivity index (χ0) is 22.6. The maximum Gasteiger partial charge on any atom is 0.251 e. The number of nitrogens with zero attached hydrogens (tertiary/aromatic N) is 1. The van der Waals surface area contributed by atoms with Gasteiger partial charge in [0.2, 0.25) is 10.0 Å². The fraction of sp³-hybridized carbons (Fsp3) is 0.304.